The number of aryl methyl sites for hydroxylation is 1. The fourth-order valence-corrected chi connectivity index (χ4v) is 5.10. The number of rotatable bonds is 4. The second kappa shape index (κ2) is 8.82. The Labute approximate surface area is 175 Å². The minimum Gasteiger partial charge on any atom is -0.321 e. The number of carbonyl (C=O) groups is 1. The molecule has 0 aromatic heterocycles. The topological polar surface area (TPSA) is 66.5 Å². The molecule has 0 spiro atoms. The first-order valence-electron chi connectivity index (χ1n) is 9.16. The average molecular weight is 441 g/mol. The number of hydrogen-bond donors (Lipinski definition) is 1. The largest absolute Gasteiger partial charge is 0.321 e. The number of anilines is 1. The van der Waals surface area contributed by atoms with Crippen molar-refractivity contribution in [3.8, 4) is 0 Å². The normalized spacial score (nSPS) is 15.8. The Morgan fingerprint density at radius 2 is 1.68 bits per heavy atom. The van der Waals surface area contributed by atoms with Gasteiger partial charge in [0.15, 0.2) is 0 Å². The van der Waals surface area contributed by atoms with Gasteiger partial charge < -0.3 is 5.32 Å². The Bertz CT molecular complexity index is 985. The van der Waals surface area contributed by atoms with Crippen LogP contribution in [0, 0.1) is 6.92 Å². The van der Waals surface area contributed by atoms with Gasteiger partial charge in [-0.1, -0.05) is 42.1 Å². The molecule has 150 valence electrons. The number of hydrogen-bond acceptors (Lipinski definition) is 3. The molecule has 1 aliphatic heterocycles. The van der Waals surface area contributed by atoms with Gasteiger partial charge in [0, 0.05) is 23.7 Å². The van der Waals surface area contributed by atoms with Gasteiger partial charge in [-0.3, -0.25) is 4.79 Å². The van der Waals surface area contributed by atoms with E-state index in [0.717, 1.165) is 25.7 Å². The summed E-state index contributed by atoms with van der Waals surface area (Å²) in [6.45, 7) is 2.78. The molecule has 5 nitrogen and oxygen atoms in total. The molecule has 1 aliphatic rings. The van der Waals surface area contributed by atoms with Gasteiger partial charge in [-0.25, -0.2) is 8.42 Å². The van der Waals surface area contributed by atoms with Crippen molar-refractivity contribution in [3.63, 3.8) is 0 Å². The summed E-state index contributed by atoms with van der Waals surface area (Å²) < 4.78 is 27.6. The second-order valence-corrected chi connectivity index (χ2v) is 9.65. The van der Waals surface area contributed by atoms with E-state index in [2.05, 4.69) is 5.32 Å². The van der Waals surface area contributed by atoms with Crippen molar-refractivity contribution in [2.24, 2.45) is 0 Å². The highest BCUT2D eigenvalue weighted by Crippen LogP contribution is 2.27. The molecule has 0 saturated carbocycles. The maximum atomic E-state index is 13.0. The SMILES string of the molecule is Cc1ccc(S(=O)(=O)N2CCCCCC2)cc1C(=O)Nc1cc(Cl)ccc1Cl. The number of nitrogens with one attached hydrogen (secondary N) is 1. The monoisotopic (exact) mass is 440 g/mol. The summed E-state index contributed by atoms with van der Waals surface area (Å²) in [5.41, 5.74) is 1.33. The number of nitrogens with zero attached hydrogens (tertiary/aromatic N) is 1. The van der Waals surface area contributed by atoms with E-state index in [1.54, 1.807) is 37.3 Å². The summed E-state index contributed by atoms with van der Waals surface area (Å²) in [4.78, 5) is 12.9. The lowest BCUT2D eigenvalue weighted by molar-refractivity contribution is 0.102. The van der Waals surface area contributed by atoms with Crippen molar-refractivity contribution in [3.05, 3.63) is 57.6 Å². The van der Waals surface area contributed by atoms with Crippen molar-refractivity contribution < 1.29 is 13.2 Å². The zero-order valence-electron chi connectivity index (χ0n) is 15.5. The summed E-state index contributed by atoms with van der Waals surface area (Å²) in [7, 11) is -3.64. The molecule has 1 N–H and O–H groups in total. The summed E-state index contributed by atoms with van der Waals surface area (Å²) in [5, 5.41) is 3.50. The van der Waals surface area contributed by atoms with E-state index in [4.69, 9.17) is 23.2 Å². The van der Waals surface area contributed by atoms with Gasteiger partial charge in [0.25, 0.3) is 5.91 Å². The molecule has 0 aliphatic carbocycles. The van der Waals surface area contributed by atoms with E-state index < -0.39 is 15.9 Å². The third kappa shape index (κ3) is 4.69. The molecule has 3 rings (SSSR count). The lowest BCUT2D eigenvalue weighted by Crippen LogP contribution is -2.32. The summed E-state index contributed by atoms with van der Waals surface area (Å²) >= 11 is 12.1. The second-order valence-electron chi connectivity index (χ2n) is 6.87. The fourth-order valence-electron chi connectivity index (χ4n) is 3.22. The number of amides is 1. The molecule has 0 unspecified atom stereocenters. The molecule has 2 aromatic carbocycles. The van der Waals surface area contributed by atoms with Gasteiger partial charge in [0.1, 0.15) is 0 Å². The molecule has 0 bridgehead atoms. The molecule has 8 heteroatoms. The summed E-state index contributed by atoms with van der Waals surface area (Å²) in [5.74, 6) is -0.436. The van der Waals surface area contributed by atoms with Gasteiger partial charge in [-0.2, -0.15) is 4.31 Å². The van der Waals surface area contributed by atoms with E-state index >= 15 is 0 Å². The Kier molecular flexibility index (Phi) is 6.65. The molecule has 1 heterocycles. The maximum absolute atomic E-state index is 13.0. The molecular weight excluding hydrogens is 419 g/mol. The van der Waals surface area contributed by atoms with E-state index in [0.29, 0.717) is 34.4 Å². The first-order chi connectivity index (χ1) is 13.3. The predicted octanol–water partition coefficient (Wildman–Crippen LogP) is 5.12. The van der Waals surface area contributed by atoms with Gasteiger partial charge >= 0.3 is 0 Å². The summed E-state index contributed by atoms with van der Waals surface area (Å²) in [6.07, 6.45) is 3.78. The van der Waals surface area contributed by atoms with Crippen LogP contribution < -0.4 is 5.32 Å². The molecule has 1 saturated heterocycles. The van der Waals surface area contributed by atoms with E-state index in [-0.39, 0.29) is 10.5 Å². The van der Waals surface area contributed by atoms with Crippen molar-refractivity contribution in [2.45, 2.75) is 37.5 Å². The number of sulfonamides is 1. The zero-order valence-corrected chi connectivity index (χ0v) is 17.9. The van der Waals surface area contributed by atoms with Crippen LogP contribution in [-0.4, -0.2) is 31.7 Å². The molecular formula is C20H22Cl2N2O3S. The van der Waals surface area contributed by atoms with Gasteiger partial charge in [0.05, 0.1) is 15.6 Å². The van der Waals surface area contributed by atoms with Crippen molar-refractivity contribution in [1.82, 2.24) is 4.31 Å². The third-order valence-electron chi connectivity index (χ3n) is 4.83. The molecule has 0 atom stereocenters. The lowest BCUT2D eigenvalue weighted by atomic mass is 10.1. The van der Waals surface area contributed by atoms with E-state index in [9.17, 15) is 13.2 Å². The van der Waals surface area contributed by atoms with E-state index in [1.807, 2.05) is 0 Å². The molecule has 2 aromatic rings. The Morgan fingerprint density at radius 1 is 1.00 bits per heavy atom. The highest BCUT2D eigenvalue weighted by atomic mass is 35.5. The standard InChI is InChI=1S/C20H22Cl2N2O3S/c1-14-6-8-16(28(26,27)24-10-4-2-3-5-11-24)13-17(14)20(25)23-19-12-15(21)7-9-18(19)22/h6-9,12-13H,2-5,10-11H2,1H3,(H,23,25). The molecule has 0 radical (unpaired) electrons. The highest BCUT2D eigenvalue weighted by Gasteiger charge is 2.26. The minimum atomic E-state index is -3.64. The van der Waals surface area contributed by atoms with E-state index in [1.165, 1.54) is 10.4 Å². The predicted molar refractivity (Wildman–Crippen MR) is 113 cm³/mol. The maximum Gasteiger partial charge on any atom is 0.256 e. The van der Waals surface area contributed by atoms with Crippen LogP contribution in [0.15, 0.2) is 41.3 Å². The lowest BCUT2D eigenvalue weighted by Gasteiger charge is -2.20. The molecule has 28 heavy (non-hydrogen) atoms. The van der Waals surface area contributed by atoms with Crippen LogP contribution in [0.1, 0.15) is 41.6 Å². The number of carbonyl (C=O) groups excluding carboxylic acids is 1. The van der Waals surface area contributed by atoms with Crippen molar-refractivity contribution in [1.29, 1.82) is 0 Å². The first kappa shape index (κ1) is 21.1. The number of benzene rings is 2. The molecule has 1 amide bonds. The van der Waals surface area contributed by atoms with Crippen molar-refractivity contribution in [2.75, 3.05) is 18.4 Å². The first-order valence-corrected chi connectivity index (χ1v) is 11.4. The van der Waals surface area contributed by atoms with Crippen LogP contribution in [-0.2, 0) is 10.0 Å². The van der Waals surface area contributed by atoms with Crippen LogP contribution in [0.4, 0.5) is 5.69 Å². The van der Waals surface area contributed by atoms with Crippen LogP contribution in [0.3, 0.4) is 0 Å². The highest BCUT2D eigenvalue weighted by molar-refractivity contribution is 7.89. The van der Waals surface area contributed by atoms with Crippen LogP contribution >= 0.6 is 23.2 Å². The van der Waals surface area contributed by atoms with Gasteiger partial charge in [-0.05, 0) is 55.7 Å². The Hall–Kier alpha value is -1.60. The van der Waals surface area contributed by atoms with Crippen molar-refractivity contribution >= 4 is 44.8 Å². The third-order valence-corrected chi connectivity index (χ3v) is 7.29. The zero-order chi connectivity index (χ0) is 20.3. The Balaban J connectivity index is 1.90. The van der Waals surface area contributed by atoms with Crippen LogP contribution in [0.5, 0.6) is 0 Å². The molecule has 1 fully saturated rings. The van der Waals surface area contributed by atoms with Crippen LogP contribution in [0.25, 0.3) is 0 Å². The van der Waals surface area contributed by atoms with Crippen LogP contribution in [0.2, 0.25) is 10.0 Å². The number of halogens is 2. The quantitative estimate of drug-likeness (QED) is 0.716. The van der Waals surface area contributed by atoms with Gasteiger partial charge in [0.2, 0.25) is 10.0 Å². The summed E-state index contributed by atoms with van der Waals surface area (Å²) in [6, 6.07) is 9.40. The minimum absolute atomic E-state index is 0.127. The smallest absolute Gasteiger partial charge is 0.256 e. The fraction of sp³-hybridized carbons (Fsp3) is 0.350. The Morgan fingerprint density at radius 3 is 2.36 bits per heavy atom. The average Bonchev–Trinajstić information content (AvgIpc) is 2.95. The van der Waals surface area contributed by atoms with Gasteiger partial charge in [-0.15, -0.1) is 0 Å².